The molecule has 1 heterocycles. The molecule has 2 aliphatic carbocycles. The van der Waals surface area contributed by atoms with Crippen LogP contribution in [0.2, 0.25) is 0 Å². The summed E-state index contributed by atoms with van der Waals surface area (Å²) in [7, 11) is -0.657. The normalized spacial score (nSPS) is 27.5. The molecule has 0 bridgehead atoms. The van der Waals surface area contributed by atoms with Gasteiger partial charge in [0, 0.05) is 18.1 Å². The monoisotopic (exact) mass is 456 g/mol. The quantitative estimate of drug-likeness (QED) is 0.636. The van der Waals surface area contributed by atoms with Crippen molar-refractivity contribution < 1.29 is 22.7 Å². The third-order valence-electron chi connectivity index (χ3n) is 5.67. The maximum absolute atomic E-state index is 13.6. The first-order chi connectivity index (χ1) is 14.4. The molecule has 0 aromatic rings. The number of halogens is 1. The van der Waals surface area contributed by atoms with E-state index in [4.69, 9.17) is 21.1 Å². The molecule has 1 fully saturated rings. The highest BCUT2D eigenvalue weighted by molar-refractivity contribution is 7.90. The van der Waals surface area contributed by atoms with E-state index in [1.54, 1.807) is 32.4 Å². The van der Waals surface area contributed by atoms with Gasteiger partial charge in [0.15, 0.2) is 11.5 Å². The molecule has 0 aromatic heterocycles. The van der Waals surface area contributed by atoms with Crippen LogP contribution in [0.3, 0.4) is 0 Å². The summed E-state index contributed by atoms with van der Waals surface area (Å²) in [6.45, 7) is 0.768. The Labute approximate surface area is 183 Å². The zero-order valence-electron chi connectivity index (χ0n) is 17.3. The summed E-state index contributed by atoms with van der Waals surface area (Å²) in [4.78, 5) is 12.8. The van der Waals surface area contributed by atoms with Gasteiger partial charge in [-0.25, -0.2) is 8.42 Å². The highest BCUT2D eigenvalue weighted by Gasteiger charge is 2.40. The minimum absolute atomic E-state index is 0.128. The second-order valence-corrected chi connectivity index (χ2v) is 10.2. The van der Waals surface area contributed by atoms with Gasteiger partial charge in [-0.3, -0.25) is 4.79 Å². The Morgan fingerprint density at radius 1 is 1.17 bits per heavy atom. The molecule has 0 radical (unpaired) electrons. The molecule has 3 aliphatic rings. The Morgan fingerprint density at radius 3 is 2.60 bits per heavy atom. The van der Waals surface area contributed by atoms with E-state index in [1.807, 2.05) is 12.2 Å². The number of methoxy groups -OCH3 is 2. The van der Waals surface area contributed by atoms with E-state index in [2.05, 4.69) is 5.32 Å². The number of nitrogens with one attached hydrogen (secondary N) is 1. The SMILES string of the molecule is COC1=CCC(CN([C@@H]2CCCCNC2=O)S(=O)(=O)C2C=CC(Cl)=CC2)C=C1OC. The molecule has 0 spiro atoms. The summed E-state index contributed by atoms with van der Waals surface area (Å²) in [5.74, 6) is 0.842. The van der Waals surface area contributed by atoms with Gasteiger partial charge in [-0.05, 0) is 56.3 Å². The smallest absolute Gasteiger partial charge is 0.238 e. The minimum Gasteiger partial charge on any atom is -0.493 e. The van der Waals surface area contributed by atoms with Crippen molar-refractivity contribution in [1.82, 2.24) is 9.62 Å². The van der Waals surface area contributed by atoms with E-state index < -0.39 is 21.3 Å². The van der Waals surface area contributed by atoms with Crippen LogP contribution in [-0.2, 0) is 24.3 Å². The maximum Gasteiger partial charge on any atom is 0.238 e. The van der Waals surface area contributed by atoms with Crippen LogP contribution in [-0.4, -0.2) is 57.2 Å². The van der Waals surface area contributed by atoms with E-state index in [9.17, 15) is 13.2 Å². The Kier molecular flexibility index (Phi) is 7.65. The zero-order chi connectivity index (χ0) is 21.7. The van der Waals surface area contributed by atoms with Crippen LogP contribution >= 0.6 is 11.6 Å². The molecule has 30 heavy (non-hydrogen) atoms. The molecule has 3 rings (SSSR count). The number of rotatable bonds is 7. The molecule has 9 heteroatoms. The first kappa shape index (κ1) is 22.9. The van der Waals surface area contributed by atoms with Crippen LogP contribution < -0.4 is 5.32 Å². The third kappa shape index (κ3) is 5.10. The Hall–Kier alpha value is -1.77. The van der Waals surface area contributed by atoms with Gasteiger partial charge in [0.25, 0.3) is 0 Å². The van der Waals surface area contributed by atoms with Gasteiger partial charge < -0.3 is 14.8 Å². The summed E-state index contributed by atoms with van der Waals surface area (Å²) in [6, 6.07) is -0.723. The molecule has 0 aromatic carbocycles. The number of hydrogen-bond donors (Lipinski definition) is 1. The molecular weight excluding hydrogens is 428 g/mol. The lowest BCUT2D eigenvalue weighted by Crippen LogP contribution is -2.52. The maximum atomic E-state index is 13.6. The van der Waals surface area contributed by atoms with Gasteiger partial charge in [-0.15, -0.1) is 0 Å². The summed E-state index contributed by atoms with van der Waals surface area (Å²) in [6.07, 6.45) is 11.7. The summed E-state index contributed by atoms with van der Waals surface area (Å²) >= 11 is 5.98. The van der Waals surface area contributed by atoms with Crippen LogP contribution in [0.25, 0.3) is 0 Å². The van der Waals surface area contributed by atoms with Crippen molar-refractivity contribution >= 4 is 27.5 Å². The van der Waals surface area contributed by atoms with E-state index in [1.165, 1.54) is 4.31 Å². The average molecular weight is 457 g/mol. The number of amides is 1. The van der Waals surface area contributed by atoms with Crippen LogP contribution in [0.1, 0.15) is 32.1 Å². The Balaban J connectivity index is 1.90. The van der Waals surface area contributed by atoms with E-state index in [0.29, 0.717) is 42.4 Å². The zero-order valence-corrected chi connectivity index (χ0v) is 18.9. The van der Waals surface area contributed by atoms with E-state index in [-0.39, 0.29) is 18.4 Å². The van der Waals surface area contributed by atoms with Crippen molar-refractivity contribution in [2.75, 3.05) is 27.3 Å². The Morgan fingerprint density at radius 2 is 1.93 bits per heavy atom. The van der Waals surface area contributed by atoms with Gasteiger partial charge in [-0.2, -0.15) is 4.31 Å². The summed E-state index contributed by atoms with van der Waals surface area (Å²) in [5, 5.41) is 2.65. The second kappa shape index (κ2) is 10.0. The number of hydrogen-bond acceptors (Lipinski definition) is 5. The van der Waals surface area contributed by atoms with E-state index >= 15 is 0 Å². The highest BCUT2D eigenvalue weighted by atomic mass is 35.5. The molecule has 1 aliphatic heterocycles. The van der Waals surface area contributed by atoms with Crippen LogP contribution in [0, 0.1) is 5.92 Å². The number of sulfonamides is 1. The van der Waals surface area contributed by atoms with Crippen LogP contribution in [0.15, 0.2) is 46.9 Å². The fourth-order valence-corrected chi connectivity index (χ4v) is 6.09. The van der Waals surface area contributed by atoms with Crippen molar-refractivity contribution in [1.29, 1.82) is 0 Å². The average Bonchev–Trinajstić information content (AvgIpc) is 2.96. The number of carbonyl (C=O) groups excluding carboxylic acids is 1. The van der Waals surface area contributed by atoms with Crippen molar-refractivity contribution in [3.8, 4) is 0 Å². The minimum atomic E-state index is -3.78. The fourth-order valence-electron chi connectivity index (χ4n) is 4.01. The van der Waals surface area contributed by atoms with Gasteiger partial charge in [0.1, 0.15) is 6.04 Å². The molecule has 166 valence electrons. The number of allylic oxidation sites excluding steroid dienone is 4. The molecule has 7 nitrogen and oxygen atoms in total. The van der Waals surface area contributed by atoms with Crippen LogP contribution in [0.4, 0.5) is 0 Å². The van der Waals surface area contributed by atoms with Gasteiger partial charge in [-0.1, -0.05) is 23.8 Å². The molecular formula is C21H29ClN2O5S. The highest BCUT2D eigenvalue weighted by Crippen LogP contribution is 2.30. The van der Waals surface area contributed by atoms with E-state index in [0.717, 1.165) is 12.8 Å². The summed E-state index contributed by atoms with van der Waals surface area (Å²) in [5.41, 5.74) is 0. The number of carbonyl (C=O) groups is 1. The summed E-state index contributed by atoms with van der Waals surface area (Å²) < 4.78 is 39.4. The predicted octanol–water partition coefficient (Wildman–Crippen LogP) is 2.82. The fraction of sp³-hybridized carbons (Fsp3) is 0.571. The van der Waals surface area contributed by atoms with Crippen molar-refractivity contribution in [2.45, 2.75) is 43.4 Å². The Bertz CT molecular complexity index is 878. The lowest BCUT2D eigenvalue weighted by molar-refractivity contribution is -0.124. The first-order valence-electron chi connectivity index (χ1n) is 10.2. The van der Waals surface area contributed by atoms with Crippen molar-refractivity contribution in [3.63, 3.8) is 0 Å². The molecule has 2 unspecified atom stereocenters. The lowest BCUT2D eigenvalue weighted by Gasteiger charge is -2.34. The molecule has 0 saturated carbocycles. The predicted molar refractivity (Wildman–Crippen MR) is 116 cm³/mol. The lowest BCUT2D eigenvalue weighted by atomic mass is 9.98. The van der Waals surface area contributed by atoms with Crippen LogP contribution in [0.5, 0.6) is 0 Å². The third-order valence-corrected chi connectivity index (χ3v) is 8.12. The van der Waals surface area contributed by atoms with Crippen molar-refractivity contribution in [3.05, 3.63) is 46.9 Å². The molecule has 1 N–H and O–H groups in total. The van der Waals surface area contributed by atoms with Gasteiger partial charge in [0.2, 0.25) is 15.9 Å². The topological polar surface area (TPSA) is 84.9 Å². The van der Waals surface area contributed by atoms with Gasteiger partial charge in [0.05, 0.1) is 19.5 Å². The van der Waals surface area contributed by atoms with Crippen molar-refractivity contribution in [2.24, 2.45) is 5.92 Å². The largest absolute Gasteiger partial charge is 0.493 e. The number of nitrogens with zero attached hydrogens (tertiary/aromatic N) is 1. The number of ether oxygens (including phenoxy) is 2. The second-order valence-electron chi connectivity index (χ2n) is 7.64. The molecule has 1 amide bonds. The molecule has 3 atom stereocenters. The standard InChI is InChI=1S/C21H29ClN2O5S/c1-28-19-11-6-15(13-20(19)29-2)14-24(18-5-3-4-12-23-21(18)25)30(26,27)17-9-7-16(22)8-10-17/h7-9,11,13,15,17-18H,3-6,10,12,14H2,1-2H3,(H,23,25)/t15?,17?,18-/m1/s1. The van der Waals surface area contributed by atoms with Gasteiger partial charge >= 0.3 is 0 Å². The molecule has 1 saturated heterocycles. The first-order valence-corrected chi connectivity index (χ1v) is 12.1.